The highest BCUT2D eigenvalue weighted by Crippen LogP contribution is 2.54. The number of hydrogen-bond donors (Lipinski definition) is 1. The van der Waals surface area contributed by atoms with Crippen LogP contribution in [0.4, 0.5) is 9.18 Å². The molecule has 2 fully saturated rings. The molecule has 2 aromatic rings. The number of carbonyl (C=O) groups excluding carboxylic acids is 2. The van der Waals surface area contributed by atoms with Crippen molar-refractivity contribution in [1.29, 1.82) is 0 Å². The summed E-state index contributed by atoms with van der Waals surface area (Å²) in [4.78, 5) is 28.5. The minimum atomic E-state index is -0.906. The average Bonchev–Trinajstić information content (AvgIpc) is 3.20. The summed E-state index contributed by atoms with van der Waals surface area (Å²) in [6, 6.07) is 12.9. The van der Waals surface area contributed by atoms with E-state index >= 15 is 0 Å². The zero-order valence-corrected chi connectivity index (χ0v) is 20.0. The lowest BCUT2D eigenvalue weighted by Gasteiger charge is -2.45. The lowest BCUT2D eigenvalue weighted by molar-refractivity contribution is -0.150. The van der Waals surface area contributed by atoms with Gasteiger partial charge < -0.3 is 15.2 Å². The summed E-state index contributed by atoms with van der Waals surface area (Å²) in [5.41, 5.74) is 7.49. The van der Waals surface area contributed by atoms with Crippen LogP contribution >= 0.6 is 0 Å². The molecule has 0 aromatic heterocycles. The number of amides is 2. The largest absolute Gasteiger partial charge is 0.493 e. The average molecular weight is 483 g/mol. The molecule has 0 saturated carbocycles. The van der Waals surface area contributed by atoms with Crippen molar-refractivity contribution < 1.29 is 23.5 Å². The molecule has 4 unspecified atom stereocenters. The Balaban J connectivity index is 1.69. The molecule has 0 bridgehead atoms. The standard InChI is InChI=1S/C26H31FN4O4/c1-16-10-12-29(13-11-16)25(24(28)32)30-23-19-14-18(27)8-9-21(19)35-15-20(23)22(31(30)26(33)34-2)17-6-4-3-5-7-17/h3-9,14,16,20,22-23,25H,10-13,15H2,1-2H3,(H2,28,32). The smallest absolute Gasteiger partial charge is 0.424 e. The number of likely N-dealkylation sites (tertiary alicyclic amines) is 1. The first kappa shape index (κ1) is 23.6. The molecular formula is C26H31FN4O4. The van der Waals surface area contributed by atoms with Crippen LogP contribution in [-0.4, -0.2) is 59.9 Å². The maximum Gasteiger partial charge on any atom is 0.424 e. The van der Waals surface area contributed by atoms with Crippen molar-refractivity contribution in [2.24, 2.45) is 17.6 Å². The molecule has 3 aliphatic rings. The Hall–Kier alpha value is -3.17. The molecule has 2 N–H and O–H groups in total. The van der Waals surface area contributed by atoms with E-state index in [4.69, 9.17) is 15.2 Å². The van der Waals surface area contributed by atoms with Crippen LogP contribution < -0.4 is 10.5 Å². The fourth-order valence-electron chi connectivity index (χ4n) is 5.81. The molecule has 3 aliphatic heterocycles. The molecule has 5 rings (SSSR count). The van der Waals surface area contributed by atoms with Gasteiger partial charge in [0, 0.05) is 24.6 Å². The number of primary amides is 1. The summed E-state index contributed by atoms with van der Waals surface area (Å²) < 4.78 is 25.8. The minimum absolute atomic E-state index is 0.281. The molecule has 35 heavy (non-hydrogen) atoms. The lowest BCUT2D eigenvalue weighted by atomic mass is 9.84. The number of piperidine rings is 1. The van der Waals surface area contributed by atoms with Crippen molar-refractivity contribution in [3.8, 4) is 5.75 Å². The van der Waals surface area contributed by atoms with E-state index in [-0.39, 0.29) is 12.5 Å². The van der Waals surface area contributed by atoms with Gasteiger partial charge in [-0.15, -0.1) is 0 Å². The van der Waals surface area contributed by atoms with Crippen molar-refractivity contribution in [2.45, 2.75) is 38.0 Å². The highest BCUT2D eigenvalue weighted by Gasteiger charge is 2.58. The first-order valence-corrected chi connectivity index (χ1v) is 12.1. The van der Waals surface area contributed by atoms with Crippen LogP contribution in [0.25, 0.3) is 0 Å². The zero-order chi connectivity index (χ0) is 24.7. The van der Waals surface area contributed by atoms with Gasteiger partial charge in [-0.2, -0.15) is 5.01 Å². The molecule has 186 valence electrons. The van der Waals surface area contributed by atoms with Gasteiger partial charge in [0.2, 0.25) is 0 Å². The van der Waals surface area contributed by atoms with E-state index in [0.29, 0.717) is 30.3 Å². The van der Waals surface area contributed by atoms with Crippen LogP contribution in [0.5, 0.6) is 5.75 Å². The van der Waals surface area contributed by atoms with E-state index in [1.807, 2.05) is 35.2 Å². The number of hydrogen-bond acceptors (Lipinski definition) is 6. The Bertz CT molecular complexity index is 1090. The lowest BCUT2D eigenvalue weighted by Crippen LogP contribution is -2.62. The summed E-state index contributed by atoms with van der Waals surface area (Å²) in [5, 5.41) is 3.23. The van der Waals surface area contributed by atoms with E-state index in [1.54, 1.807) is 11.1 Å². The van der Waals surface area contributed by atoms with Gasteiger partial charge in [0.25, 0.3) is 5.91 Å². The van der Waals surface area contributed by atoms with Crippen LogP contribution in [0.2, 0.25) is 0 Å². The summed E-state index contributed by atoms with van der Waals surface area (Å²) in [6.07, 6.45) is 0.320. The van der Waals surface area contributed by atoms with E-state index in [1.165, 1.54) is 24.3 Å². The van der Waals surface area contributed by atoms with Gasteiger partial charge in [-0.25, -0.2) is 14.2 Å². The fourth-order valence-corrected chi connectivity index (χ4v) is 5.81. The Morgan fingerprint density at radius 2 is 1.83 bits per heavy atom. The zero-order valence-electron chi connectivity index (χ0n) is 20.0. The van der Waals surface area contributed by atoms with Crippen molar-refractivity contribution in [3.63, 3.8) is 0 Å². The van der Waals surface area contributed by atoms with Crippen LogP contribution in [-0.2, 0) is 9.53 Å². The predicted molar refractivity (Wildman–Crippen MR) is 126 cm³/mol. The molecule has 2 saturated heterocycles. The van der Waals surface area contributed by atoms with Gasteiger partial charge in [-0.1, -0.05) is 37.3 Å². The van der Waals surface area contributed by atoms with Gasteiger partial charge in [0.05, 0.1) is 25.8 Å². The number of halogens is 1. The predicted octanol–water partition coefficient (Wildman–Crippen LogP) is 3.46. The Kier molecular flexibility index (Phi) is 6.37. The van der Waals surface area contributed by atoms with E-state index in [9.17, 15) is 14.0 Å². The Morgan fingerprint density at radius 1 is 1.11 bits per heavy atom. The van der Waals surface area contributed by atoms with Gasteiger partial charge in [-0.05, 0) is 42.5 Å². The summed E-state index contributed by atoms with van der Waals surface area (Å²) in [5.74, 6) is -0.186. The summed E-state index contributed by atoms with van der Waals surface area (Å²) >= 11 is 0. The number of rotatable bonds is 4. The number of carbonyl (C=O) groups is 2. The molecular weight excluding hydrogens is 451 g/mol. The van der Waals surface area contributed by atoms with E-state index < -0.39 is 36.1 Å². The molecule has 0 aliphatic carbocycles. The van der Waals surface area contributed by atoms with Crippen LogP contribution in [0.1, 0.15) is 43.0 Å². The topological polar surface area (TPSA) is 88.3 Å². The number of hydrazine groups is 1. The second kappa shape index (κ2) is 9.47. The highest BCUT2D eigenvalue weighted by molar-refractivity contribution is 5.80. The first-order valence-electron chi connectivity index (χ1n) is 12.1. The summed E-state index contributed by atoms with van der Waals surface area (Å²) in [7, 11) is 1.32. The van der Waals surface area contributed by atoms with Crippen molar-refractivity contribution in [2.75, 3.05) is 26.8 Å². The van der Waals surface area contributed by atoms with Crippen molar-refractivity contribution in [3.05, 3.63) is 65.5 Å². The third-order valence-electron chi connectivity index (χ3n) is 7.50. The molecule has 2 aromatic carbocycles. The van der Waals surface area contributed by atoms with Crippen LogP contribution in [0.15, 0.2) is 48.5 Å². The second-order valence-electron chi connectivity index (χ2n) is 9.65. The normalized spacial score (nSPS) is 25.9. The monoisotopic (exact) mass is 482 g/mol. The SMILES string of the molecule is COC(=O)N1C(c2ccccc2)C2COc3ccc(F)cc3C2N1C(C(N)=O)N1CCC(C)CC1. The third-order valence-corrected chi connectivity index (χ3v) is 7.50. The molecule has 0 spiro atoms. The number of ether oxygens (including phenoxy) is 2. The second-order valence-corrected chi connectivity index (χ2v) is 9.65. The van der Waals surface area contributed by atoms with Crippen LogP contribution in [0, 0.1) is 17.7 Å². The molecule has 0 radical (unpaired) electrons. The number of fused-ring (bicyclic) bond motifs is 3. The van der Waals surface area contributed by atoms with Crippen molar-refractivity contribution >= 4 is 12.0 Å². The van der Waals surface area contributed by atoms with Gasteiger partial charge >= 0.3 is 6.09 Å². The summed E-state index contributed by atoms with van der Waals surface area (Å²) in [6.45, 7) is 3.81. The van der Waals surface area contributed by atoms with E-state index in [2.05, 4.69) is 6.92 Å². The van der Waals surface area contributed by atoms with E-state index in [0.717, 1.165) is 18.4 Å². The molecule has 2 amide bonds. The molecule has 3 heterocycles. The maximum atomic E-state index is 14.5. The fraction of sp³-hybridized carbons (Fsp3) is 0.462. The molecule has 4 atom stereocenters. The minimum Gasteiger partial charge on any atom is -0.493 e. The van der Waals surface area contributed by atoms with Gasteiger partial charge in [0.1, 0.15) is 11.6 Å². The first-order chi connectivity index (χ1) is 16.9. The van der Waals surface area contributed by atoms with Crippen molar-refractivity contribution in [1.82, 2.24) is 14.9 Å². The highest BCUT2D eigenvalue weighted by atomic mass is 19.1. The molecule has 9 heteroatoms. The maximum absolute atomic E-state index is 14.5. The van der Waals surface area contributed by atoms with Gasteiger partial charge in [0.15, 0.2) is 6.17 Å². The number of nitrogens with two attached hydrogens (primary N) is 1. The Morgan fingerprint density at radius 3 is 2.49 bits per heavy atom. The quantitative estimate of drug-likeness (QED) is 0.718. The van der Waals surface area contributed by atoms with Crippen LogP contribution in [0.3, 0.4) is 0 Å². The number of methoxy groups -OCH3 is 1. The van der Waals surface area contributed by atoms with Gasteiger partial charge in [-0.3, -0.25) is 9.69 Å². The number of benzene rings is 2. The molecule has 8 nitrogen and oxygen atoms in total. The Labute approximate surface area is 204 Å². The third kappa shape index (κ3) is 4.12. The number of nitrogens with zero attached hydrogens (tertiary/aromatic N) is 3.